The predicted molar refractivity (Wildman–Crippen MR) is 72.1 cm³/mol. The van der Waals surface area contributed by atoms with Crippen LogP contribution in [0.2, 0.25) is 0 Å². The predicted octanol–water partition coefficient (Wildman–Crippen LogP) is 1.20. The number of nitrogens with zero attached hydrogens (tertiary/aromatic N) is 4. The molecular formula is C13H13N5O4. The number of amides is 2. The van der Waals surface area contributed by atoms with Gasteiger partial charge in [0, 0.05) is 20.0 Å². The lowest BCUT2D eigenvalue weighted by Crippen LogP contribution is -2.46. The minimum atomic E-state index is -1.09. The number of hydrogen-bond donors (Lipinski definition) is 1. The van der Waals surface area contributed by atoms with Crippen LogP contribution in [0.15, 0.2) is 45.8 Å². The molecule has 0 radical (unpaired) electrons. The molecule has 4 rings (SSSR count). The van der Waals surface area contributed by atoms with Gasteiger partial charge in [0.05, 0.1) is 12.4 Å². The van der Waals surface area contributed by atoms with Crippen molar-refractivity contribution < 1.29 is 18.4 Å². The zero-order valence-electron chi connectivity index (χ0n) is 11.7. The molecule has 0 bridgehead atoms. The maximum absolute atomic E-state index is 12.0. The Hall–Kier alpha value is -2.97. The van der Waals surface area contributed by atoms with Crippen LogP contribution in [0.1, 0.15) is 12.8 Å². The molecule has 1 atom stereocenters. The molecule has 4 heterocycles. The molecule has 114 valence electrons. The van der Waals surface area contributed by atoms with E-state index in [0.717, 1.165) is 0 Å². The van der Waals surface area contributed by atoms with Gasteiger partial charge in [-0.1, -0.05) is 0 Å². The molecule has 2 aliphatic rings. The summed E-state index contributed by atoms with van der Waals surface area (Å²) in [5.74, 6) is 0.842. The zero-order valence-corrected chi connectivity index (χ0v) is 11.7. The Balaban J connectivity index is 1.79. The fourth-order valence-electron chi connectivity index (χ4n) is 2.57. The molecule has 1 unspecified atom stereocenters. The van der Waals surface area contributed by atoms with E-state index >= 15 is 0 Å². The molecule has 22 heavy (non-hydrogen) atoms. The van der Waals surface area contributed by atoms with Crippen LogP contribution in [-0.4, -0.2) is 34.0 Å². The summed E-state index contributed by atoms with van der Waals surface area (Å²) >= 11 is 0. The van der Waals surface area contributed by atoms with Crippen molar-refractivity contribution >= 4 is 12.0 Å². The average Bonchev–Trinajstić information content (AvgIpc) is 3.25. The molecule has 2 amide bonds. The van der Waals surface area contributed by atoms with Crippen LogP contribution in [0.25, 0.3) is 0 Å². The number of nitrogens with one attached hydrogen (secondary N) is 1. The molecule has 0 aliphatic carbocycles. The molecule has 0 spiro atoms. The third kappa shape index (κ3) is 1.68. The normalized spacial score (nSPS) is 24.4. The zero-order chi connectivity index (χ0) is 15.2. The number of oxazole rings is 2. The maximum atomic E-state index is 12.0. The SMILES string of the molecule is CC1(c2ncco2)OC=C(N2CCNC2=O)N1c1ncco1. The molecule has 0 saturated carbocycles. The maximum Gasteiger partial charge on any atom is 0.323 e. The number of carbonyl (C=O) groups is 1. The summed E-state index contributed by atoms with van der Waals surface area (Å²) in [5.41, 5.74) is -1.09. The third-order valence-electron chi connectivity index (χ3n) is 3.62. The summed E-state index contributed by atoms with van der Waals surface area (Å²) in [4.78, 5) is 23.5. The van der Waals surface area contributed by atoms with Gasteiger partial charge in [-0.15, -0.1) is 0 Å². The molecule has 1 fully saturated rings. The number of urea groups is 1. The van der Waals surface area contributed by atoms with Crippen molar-refractivity contribution in [1.82, 2.24) is 20.2 Å². The van der Waals surface area contributed by atoms with Crippen LogP contribution in [0, 0.1) is 0 Å². The molecule has 2 aliphatic heterocycles. The Morgan fingerprint density at radius 2 is 2.09 bits per heavy atom. The van der Waals surface area contributed by atoms with Crippen molar-refractivity contribution in [1.29, 1.82) is 0 Å². The molecular weight excluding hydrogens is 290 g/mol. The number of hydrogen-bond acceptors (Lipinski definition) is 7. The second-order valence-corrected chi connectivity index (χ2v) is 4.95. The number of aromatic nitrogens is 2. The van der Waals surface area contributed by atoms with E-state index in [1.54, 1.807) is 16.7 Å². The lowest BCUT2D eigenvalue weighted by atomic mass is 10.2. The molecule has 9 nitrogen and oxygen atoms in total. The van der Waals surface area contributed by atoms with Gasteiger partial charge < -0.3 is 18.9 Å². The van der Waals surface area contributed by atoms with Gasteiger partial charge in [-0.25, -0.2) is 19.7 Å². The quantitative estimate of drug-likeness (QED) is 0.909. The molecule has 1 N–H and O–H groups in total. The molecule has 9 heteroatoms. The first-order valence-electron chi connectivity index (χ1n) is 6.73. The minimum Gasteiger partial charge on any atom is -0.462 e. The van der Waals surface area contributed by atoms with Crippen molar-refractivity contribution in [2.45, 2.75) is 12.6 Å². The van der Waals surface area contributed by atoms with Crippen LogP contribution in [0.4, 0.5) is 10.8 Å². The second-order valence-electron chi connectivity index (χ2n) is 4.95. The summed E-state index contributed by atoms with van der Waals surface area (Å²) in [7, 11) is 0. The van der Waals surface area contributed by atoms with Gasteiger partial charge in [0.1, 0.15) is 18.8 Å². The van der Waals surface area contributed by atoms with Crippen molar-refractivity contribution in [3.63, 3.8) is 0 Å². The van der Waals surface area contributed by atoms with Crippen molar-refractivity contribution in [2.24, 2.45) is 0 Å². The smallest absolute Gasteiger partial charge is 0.323 e. The number of carbonyl (C=O) groups excluding carboxylic acids is 1. The van der Waals surface area contributed by atoms with E-state index in [0.29, 0.717) is 24.8 Å². The van der Waals surface area contributed by atoms with E-state index in [9.17, 15) is 4.79 Å². The Morgan fingerprint density at radius 1 is 1.27 bits per heavy atom. The molecule has 2 aromatic heterocycles. The van der Waals surface area contributed by atoms with Gasteiger partial charge in [0.15, 0.2) is 5.82 Å². The van der Waals surface area contributed by atoms with Gasteiger partial charge in [-0.05, 0) is 0 Å². The topological polar surface area (TPSA) is 96.9 Å². The monoisotopic (exact) mass is 303 g/mol. The number of rotatable bonds is 3. The fraction of sp³-hybridized carbons (Fsp3) is 0.308. The Bertz CT molecular complexity index is 711. The first kappa shape index (κ1) is 12.7. The second kappa shape index (κ2) is 4.52. The first-order valence-corrected chi connectivity index (χ1v) is 6.73. The summed E-state index contributed by atoms with van der Waals surface area (Å²) in [6.45, 7) is 2.85. The van der Waals surface area contributed by atoms with Crippen molar-refractivity contribution in [2.75, 3.05) is 18.0 Å². The third-order valence-corrected chi connectivity index (χ3v) is 3.62. The van der Waals surface area contributed by atoms with E-state index in [2.05, 4.69) is 15.3 Å². The molecule has 1 saturated heterocycles. The lowest BCUT2D eigenvalue weighted by Gasteiger charge is -2.32. The van der Waals surface area contributed by atoms with Gasteiger partial charge in [-0.2, -0.15) is 0 Å². The Kier molecular flexibility index (Phi) is 2.62. The summed E-state index contributed by atoms with van der Waals surface area (Å²) in [5, 5.41) is 2.75. The fourth-order valence-corrected chi connectivity index (χ4v) is 2.57. The summed E-state index contributed by atoms with van der Waals surface area (Å²) in [6.07, 6.45) is 7.44. The van der Waals surface area contributed by atoms with Crippen LogP contribution in [0.5, 0.6) is 0 Å². The van der Waals surface area contributed by atoms with E-state index in [1.807, 2.05) is 0 Å². The van der Waals surface area contributed by atoms with Crippen molar-refractivity contribution in [3.8, 4) is 0 Å². The summed E-state index contributed by atoms with van der Waals surface area (Å²) < 4.78 is 16.6. The van der Waals surface area contributed by atoms with E-state index in [-0.39, 0.29) is 12.0 Å². The van der Waals surface area contributed by atoms with Crippen molar-refractivity contribution in [3.05, 3.63) is 42.9 Å². The highest BCUT2D eigenvalue weighted by atomic mass is 16.5. The first-order chi connectivity index (χ1) is 10.7. The van der Waals surface area contributed by atoms with E-state index in [4.69, 9.17) is 13.6 Å². The number of anilines is 1. The van der Waals surface area contributed by atoms with E-state index in [1.165, 1.54) is 31.2 Å². The standard InChI is InChI=1S/C13H13N5O4/c1-13(10-14-3-6-20-10)18(12-16-4-7-21-12)9(8-22-13)17-5-2-15-11(17)19/h3-4,6-8H,2,5H2,1H3,(H,15,19). The van der Waals surface area contributed by atoms with Gasteiger partial charge in [-0.3, -0.25) is 4.90 Å². The Labute approximate surface area is 125 Å². The highest BCUT2D eigenvalue weighted by Gasteiger charge is 2.51. The van der Waals surface area contributed by atoms with Gasteiger partial charge in [0.25, 0.3) is 11.6 Å². The van der Waals surface area contributed by atoms with Gasteiger partial charge in [0.2, 0.25) is 0 Å². The molecule has 2 aromatic rings. The van der Waals surface area contributed by atoms with Crippen LogP contribution >= 0.6 is 0 Å². The highest BCUT2D eigenvalue weighted by molar-refractivity contribution is 5.79. The largest absolute Gasteiger partial charge is 0.462 e. The van der Waals surface area contributed by atoms with E-state index < -0.39 is 5.72 Å². The molecule has 0 aromatic carbocycles. The Morgan fingerprint density at radius 3 is 2.73 bits per heavy atom. The van der Waals surface area contributed by atoms with Gasteiger partial charge >= 0.3 is 12.0 Å². The summed E-state index contributed by atoms with van der Waals surface area (Å²) in [6, 6.07) is 0.0761. The highest BCUT2D eigenvalue weighted by Crippen LogP contribution is 2.41. The minimum absolute atomic E-state index is 0.205. The average molecular weight is 303 g/mol. The lowest BCUT2D eigenvalue weighted by molar-refractivity contribution is 0.0313. The van der Waals surface area contributed by atoms with Crippen LogP contribution in [0.3, 0.4) is 0 Å². The van der Waals surface area contributed by atoms with Crippen LogP contribution < -0.4 is 10.2 Å². The van der Waals surface area contributed by atoms with Crippen LogP contribution in [-0.2, 0) is 10.5 Å². The number of ether oxygens (including phenoxy) is 1.